The van der Waals surface area contributed by atoms with Crippen LogP contribution in [-0.2, 0) is 0 Å². The summed E-state index contributed by atoms with van der Waals surface area (Å²) in [5.74, 6) is -0.384. The van der Waals surface area contributed by atoms with Gasteiger partial charge < -0.3 is 5.11 Å². The summed E-state index contributed by atoms with van der Waals surface area (Å²) < 4.78 is 0. The van der Waals surface area contributed by atoms with E-state index in [4.69, 9.17) is 13.1 Å². The molecule has 0 amide bonds. The van der Waals surface area contributed by atoms with Gasteiger partial charge in [0.05, 0.1) is 23.6 Å². The zero-order chi connectivity index (χ0) is 19.6. The minimum atomic E-state index is -0.600. The third kappa shape index (κ3) is 3.20. The largest absolute Gasteiger partial charge is 0.502 e. The second-order valence-electron chi connectivity index (χ2n) is 5.89. The van der Waals surface area contributed by atoms with Crippen LogP contribution in [0.1, 0.15) is 5.56 Å². The van der Waals surface area contributed by atoms with Crippen molar-refractivity contribution in [1.29, 1.82) is 0 Å². The van der Waals surface area contributed by atoms with Gasteiger partial charge in [0, 0.05) is 0 Å². The summed E-state index contributed by atoms with van der Waals surface area (Å²) in [6, 6.07) is 14.8. The van der Waals surface area contributed by atoms with Crippen LogP contribution in [0.5, 0.6) is 5.75 Å². The quantitative estimate of drug-likeness (QED) is 0.353. The molecule has 3 aromatic rings. The number of aromatic hydroxyl groups is 1. The molecule has 27 heavy (non-hydrogen) atoms. The van der Waals surface area contributed by atoms with Gasteiger partial charge in [-0.3, -0.25) is 10.1 Å². The van der Waals surface area contributed by atoms with Crippen LogP contribution in [0.15, 0.2) is 54.6 Å². The molecule has 0 saturated carbocycles. The lowest BCUT2D eigenvalue weighted by atomic mass is 9.90. The molecule has 0 aliphatic carbocycles. The van der Waals surface area contributed by atoms with E-state index in [0.717, 1.165) is 0 Å². The van der Waals surface area contributed by atoms with Gasteiger partial charge >= 0.3 is 5.69 Å². The Morgan fingerprint density at radius 1 is 0.926 bits per heavy atom. The first-order valence-electron chi connectivity index (χ1n) is 7.93. The molecule has 0 radical (unpaired) electrons. The van der Waals surface area contributed by atoms with E-state index in [1.165, 1.54) is 0 Å². The Morgan fingerprint density at radius 3 is 1.85 bits per heavy atom. The van der Waals surface area contributed by atoms with E-state index in [2.05, 4.69) is 9.69 Å². The molecule has 3 rings (SSSR count). The Morgan fingerprint density at radius 2 is 1.41 bits per heavy atom. The highest BCUT2D eigenvalue weighted by atomic mass is 16.6. The van der Waals surface area contributed by atoms with Crippen molar-refractivity contribution in [3.8, 4) is 28.0 Å². The molecule has 0 unspecified atom stereocenters. The van der Waals surface area contributed by atoms with Gasteiger partial charge in [0.1, 0.15) is 0 Å². The number of nitro groups is 1. The van der Waals surface area contributed by atoms with Gasteiger partial charge in [0.15, 0.2) is 17.1 Å². The average molecular weight is 355 g/mol. The van der Waals surface area contributed by atoms with Gasteiger partial charge in [-0.2, -0.15) is 0 Å². The van der Waals surface area contributed by atoms with Crippen LogP contribution in [0.25, 0.3) is 31.9 Å². The fraction of sp³-hybridized carbons (Fsp3) is 0.0476. The van der Waals surface area contributed by atoms with E-state index in [1.54, 1.807) is 61.5 Å². The number of hydrogen-bond donors (Lipinski definition) is 1. The Bertz CT molecular complexity index is 1120. The van der Waals surface area contributed by atoms with Crippen molar-refractivity contribution in [3.05, 3.63) is 93.1 Å². The standard InChI is InChI=1S/C21H13N3O3/c1-13-12-18(14-4-8-16(22-2)9-5-14)19(20(21(13)25)24(26)27)15-6-10-17(23-3)11-7-15/h4-12,25H,1H3. The molecule has 3 aromatic carbocycles. The number of rotatable bonds is 3. The molecule has 0 saturated heterocycles. The van der Waals surface area contributed by atoms with Crippen LogP contribution >= 0.6 is 0 Å². The fourth-order valence-electron chi connectivity index (χ4n) is 2.91. The Hall–Kier alpha value is -4.16. The third-order valence-corrected chi connectivity index (χ3v) is 4.24. The van der Waals surface area contributed by atoms with Crippen molar-refractivity contribution in [2.45, 2.75) is 6.92 Å². The van der Waals surface area contributed by atoms with E-state index >= 15 is 0 Å². The van der Waals surface area contributed by atoms with Crippen molar-refractivity contribution >= 4 is 17.1 Å². The predicted molar refractivity (Wildman–Crippen MR) is 103 cm³/mol. The minimum absolute atomic E-state index is 0.273. The van der Waals surface area contributed by atoms with Crippen molar-refractivity contribution in [2.75, 3.05) is 0 Å². The predicted octanol–water partition coefficient (Wildman–Crippen LogP) is 6.04. The molecule has 0 fully saturated rings. The third-order valence-electron chi connectivity index (χ3n) is 4.24. The van der Waals surface area contributed by atoms with Gasteiger partial charge in [0.2, 0.25) is 0 Å². The van der Waals surface area contributed by atoms with Crippen molar-refractivity contribution in [1.82, 2.24) is 0 Å². The first-order valence-corrected chi connectivity index (χ1v) is 7.93. The zero-order valence-corrected chi connectivity index (χ0v) is 14.3. The molecule has 130 valence electrons. The minimum Gasteiger partial charge on any atom is -0.502 e. The smallest absolute Gasteiger partial charge is 0.319 e. The summed E-state index contributed by atoms with van der Waals surface area (Å²) in [6.45, 7) is 15.7. The van der Waals surface area contributed by atoms with Crippen molar-refractivity contribution in [2.24, 2.45) is 0 Å². The van der Waals surface area contributed by atoms with E-state index < -0.39 is 4.92 Å². The molecule has 0 aromatic heterocycles. The number of hydrogen-bond acceptors (Lipinski definition) is 3. The monoisotopic (exact) mass is 355 g/mol. The molecule has 6 nitrogen and oxygen atoms in total. The lowest BCUT2D eigenvalue weighted by molar-refractivity contribution is -0.385. The van der Waals surface area contributed by atoms with E-state index in [1.807, 2.05) is 0 Å². The molecule has 0 atom stereocenters. The highest BCUT2D eigenvalue weighted by Crippen LogP contribution is 2.46. The van der Waals surface area contributed by atoms with E-state index in [9.17, 15) is 15.2 Å². The summed E-state index contributed by atoms with van der Waals surface area (Å²) in [6.07, 6.45) is 0. The average Bonchev–Trinajstić information content (AvgIpc) is 2.69. The van der Waals surface area contributed by atoms with Gasteiger partial charge in [-0.25, -0.2) is 9.69 Å². The number of phenols is 1. The molecule has 0 heterocycles. The number of benzene rings is 3. The highest BCUT2D eigenvalue weighted by molar-refractivity contribution is 5.93. The molecule has 6 heteroatoms. The van der Waals surface area contributed by atoms with Gasteiger partial charge in [0.25, 0.3) is 0 Å². The molecular weight excluding hydrogens is 342 g/mol. The second-order valence-corrected chi connectivity index (χ2v) is 5.89. The van der Waals surface area contributed by atoms with E-state index in [-0.39, 0.29) is 17.0 Å². The molecule has 0 aliphatic heterocycles. The topological polar surface area (TPSA) is 72.1 Å². The summed E-state index contributed by atoms with van der Waals surface area (Å²) >= 11 is 0. The maximum Gasteiger partial charge on any atom is 0.319 e. The van der Waals surface area contributed by atoms with Gasteiger partial charge in [-0.15, -0.1) is 0 Å². The molecule has 0 spiro atoms. The number of aryl methyl sites for hydroxylation is 1. The van der Waals surface area contributed by atoms with Crippen LogP contribution < -0.4 is 0 Å². The van der Waals surface area contributed by atoms with Crippen molar-refractivity contribution < 1.29 is 10.0 Å². The van der Waals surface area contributed by atoms with Gasteiger partial charge in [-0.05, 0) is 35.2 Å². The van der Waals surface area contributed by atoms with Crippen LogP contribution in [0.4, 0.5) is 17.1 Å². The lowest BCUT2D eigenvalue weighted by Gasteiger charge is -2.14. The first kappa shape index (κ1) is 17.7. The zero-order valence-electron chi connectivity index (χ0n) is 14.3. The number of nitrogens with zero attached hydrogens (tertiary/aromatic N) is 3. The molecule has 0 aliphatic rings. The van der Waals surface area contributed by atoms with Gasteiger partial charge in [-0.1, -0.05) is 48.5 Å². The highest BCUT2D eigenvalue weighted by Gasteiger charge is 2.27. The summed E-state index contributed by atoms with van der Waals surface area (Å²) in [5.41, 5.74) is 2.94. The molecular formula is C21H13N3O3. The Balaban J connectivity index is 2.36. The summed E-state index contributed by atoms with van der Waals surface area (Å²) in [5, 5.41) is 22.1. The number of phenolic OH excluding ortho intramolecular Hbond substituents is 1. The van der Waals surface area contributed by atoms with Crippen LogP contribution in [0.2, 0.25) is 0 Å². The number of nitro benzene ring substituents is 1. The molecule has 1 N–H and O–H groups in total. The van der Waals surface area contributed by atoms with Crippen molar-refractivity contribution in [3.63, 3.8) is 0 Å². The fourth-order valence-corrected chi connectivity index (χ4v) is 2.91. The lowest BCUT2D eigenvalue weighted by Crippen LogP contribution is -1.97. The SMILES string of the molecule is [C-]#[N+]c1ccc(-c2cc(C)c(O)c([N+](=O)[O-])c2-c2ccc([N+]#[C-])cc2)cc1. The first-order chi connectivity index (χ1) is 13.0. The Kier molecular flexibility index (Phi) is 4.57. The second kappa shape index (κ2) is 6.99. The maximum atomic E-state index is 11.7. The normalized spacial score (nSPS) is 10.0. The van der Waals surface area contributed by atoms with Crippen LogP contribution in [-0.4, -0.2) is 10.0 Å². The Labute approximate surface area is 155 Å². The van der Waals surface area contributed by atoms with Crippen LogP contribution in [0, 0.1) is 30.2 Å². The van der Waals surface area contributed by atoms with Crippen LogP contribution in [0.3, 0.4) is 0 Å². The molecule has 0 bridgehead atoms. The maximum absolute atomic E-state index is 11.7. The van der Waals surface area contributed by atoms with E-state index in [0.29, 0.717) is 33.6 Å². The summed E-state index contributed by atoms with van der Waals surface area (Å²) in [7, 11) is 0. The summed E-state index contributed by atoms with van der Waals surface area (Å²) in [4.78, 5) is 17.8.